The van der Waals surface area contributed by atoms with Crippen molar-refractivity contribution < 1.29 is 14.3 Å². The fourth-order valence-electron chi connectivity index (χ4n) is 3.26. The largest absolute Gasteiger partial charge is 0.466 e. The molecule has 0 radical (unpaired) electrons. The minimum atomic E-state index is -0.575. The lowest BCUT2D eigenvalue weighted by Crippen LogP contribution is -2.60. The van der Waals surface area contributed by atoms with Crippen LogP contribution in [0.15, 0.2) is 0 Å². The zero-order valence-electron chi connectivity index (χ0n) is 13.8. The molecule has 1 aliphatic carbocycles. The molecular formula is C16H27N3O3S. The second kappa shape index (κ2) is 9.05. The number of ether oxygens (including phenoxy) is 1. The summed E-state index contributed by atoms with van der Waals surface area (Å²) in [6.07, 6.45) is 6.41. The van der Waals surface area contributed by atoms with Crippen LogP contribution in [0.3, 0.4) is 0 Å². The van der Waals surface area contributed by atoms with Crippen LogP contribution < -0.4 is 10.6 Å². The molecule has 1 saturated carbocycles. The van der Waals surface area contributed by atoms with Crippen LogP contribution in [0.25, 0.3) is 0 Å². The lowest BCUT2D eigenvalue weighted by Gasteiger charge is -2.37. The van der Waals surface area contributed by atoms with E-state index in [1.165, 1.54) is 32.1 Å². The van der Waals surface area contributed by atoms with Gasteiger partial charge >= 0.3 is 5.97 Å². The molecule has 2 rings (SSSR count). The Morgan fingerprint density at radius 2 is 2.13 bits per heavy atom. The second-order valence-corrected chi connectivity index (χ2v) is 6.59. The van der Waals surface area contributed by atoms with Crippen LogP contribution >= 0.6 is 12.2 Å². The number of piperazine rings is 1. The molecule has 1 aliphatic heterocycles. The Morgan fingerprint density at radius 1 is 1.39 bits per heavy atom. The molecule has 1 saturated heterocycles. The standard InChI is InChI=1S/C16H27N3O3S/c1-2-22-14(20)10-13-15(21)17-8-9-19(13)16(23)18-11-12-6-4-3-5-7-12/h12-13H,2-11H2,1H3,(H,17,21)(H,18,23). The van der Waals surface area contributed by atoms with Crippen molar-refractivity contribution in [2.75, 3.05) is 26.2 Å². The molecule has 130 valence electrons. The van der Waals surface area contributed by atoms with Crippen molar-refractivity contribution in [3.05, 3.63) is 0 Å². The fraction of sp³-hybridized carbons (Fsp3) is 0.812. The Balaban J connectivity index is 1.89. The molecule has 0 aromatic rings. The van der Waals surface area contributed by atoms with Crippen LogP contribution in [0.1, 0.15) is 45.4 Å². The maximum absolute atomic E-state index is 12.1. The highest BCUT2D eigenvalue weighted by Gasteiger charge is 2.33. The SMILES string of the molecule is CCOC(=O)CC1C(=O)NCCN1C(=S)NCC1CCCCC1. The fourth-order valence-corrected chi connectivity index (χ4v) is 3.56. The number of carbonyl (C=O) groups is 2. The van der Waals surface area contributed by atoms with Crippen molar-refractivity contribution in [2.24, 2.45) is 5.92 Å². The highest BCUT2D eigenvalue weighted by atomic mass is 32.1. The Labute approximate surface area is 143 Å². The predicted molar refractivity (Wildman–Crippen MR) is 91.9 cm³/mol. The van der Waals surface area contributed by atoms with Gasteiger partial charge in [-0.05, 0) is 37.9 Å². The van der Waals surface area contributed by atoms with Gasteiger partial charge in [0.2, 0.25) is 5.91 Å². The van der Waals surface area contributed by atoms with E-state index in [0.717, 1.165) is 6.54 Å². The minimum absolute atomic E-state index is 0.0327. The topological polar surface area (TPSA) is 70.7 Å². The van der Waals surface area contributed by atoms with Gasteiger partial charge in [-0.2, -0.15) is 0 Å². The summed E-state index contributed by atoms with van der Waals surface area (Å²) >= 11 is 5.47. The van der Waals surface area contributed by atoms with E-state index in [-0.39, 0.29) is 18.3 Å². The molecular weight excluding hydrogens is 314 g/mol. The van der Waals surface area contributed by atoms with Gasteiger partial charge in [0.25, 0.3) is 0 Å². The summed E-state index contributed by atoms with van der Waals surface area (Å²) in [5.41, 5.74) is 0. The molecule has 1 amide bonds. The van der Waals surface area contributed by atoms with E-state index in [4.69, 9.17) is 17.0 Å². The van der Waals surface area contributed by atoms with E-state index >= 15 is 0 Å². The smallest absolute Gasteiger partial charge is 0.308 e. The molecule has 0 aromatic carbocycles. The molecule has 1 unspecified atom stereocenters. The zero-order chi connectivity index (χ0) is 16.7. The number of carbonyl (C=O) groups excluding carboxylic acids is 2. The van der Waals surface area contributed by atoms with Gasteiger partial charge in [-0.3, -0.25) is 9.59 Å². The van der Waals surface area contributed by atoms with Gasteiger partial charge in [0.05, 0.1) is 13.0 Å². The van der Waals surface area contributed by atoms with Gasteiger partial charge in [0.15, 0.2) is 5.11 Å². The van der Waals surface area contributed by atoms with E-state index in [9.17, 15) is 9.59 Å². The highest BCUT2D eigenvalue weighted by molar-refractivity contribution is 7.80. The Kier molecular flexibility index (Phi) is 7.08. The first kappa shape index (κ1) is 18.0. The minimum Gasteiger partial charge on any atom is -0.466 e. The first-order chi connectivity index (χ1) is 11.1. The number of amides is 1. The predicted octanol–water partition coefficient (Wildman–Crippen LogP) is 1.19. The number of hydrogen-bond donors (Lipinski definition) is 2. The van der Waals surface area contributed by atoms with Crippen LogP contribution in [0.2, 0.25) is 0 Å². The molecule has 0 spiro atoms. The highest BCUT2D eigenvalue weighted by Crippen LogP contribution is 2.23. The number of nitrogens with zero attached hydrogens (tertiary/aromatic N) is 1. The number of nitrogens with one attached hydrogen (secondary N) is 2. The van der Waals surface area contributed by atoms with Crippen molar-refractivity contribution in [3.8, 4) is 0 Å². The van der Waals surface area contributed by atoms with E-state index in [2.05, 4.69) is 10.6 Å². The summed E-state index contributed by atoms with van der Waals surface area (Å²) < 4.78 is 4.97. The molecule has 0 bridgehead atoms. The maximum Gasteiger partial charge on any atom is 0.308 e. The third kappa shape index (κ3) is 5.34. The quantitative estimate of drug-likeness (QED) is 0.578. The molecule has 2 aliphatic rings. The van der Waals surface area contributed by atoms with Gasteiger partial charge in [0, 0.05) is 19.6 Å². The monoisotopic (exact) mass is 341 g/mol. The molecule has 1 atom stereocenters. The Hall–Kier alpha value is -1.37. The lowest BCUT2D eigenvalue weighted by atomic mass is 9.89. The average molecular weight is 341 g/mol. The Bertz CT molecular complexity index is 438. The van der Waals surface area contributed by atoms with E-state index in [1.807, 2.05) is 4.90 Å². The van der Waals surface area contributed by atoms with Crippen LogP contribution in [-0.4, -0.2) is 54.2 Å². The third-order valence-corrected chi connectivity index (χ3v) is 4.90. The Morgan fingerprint density at radius 3 is 2.83 bits per heavy atom. The van der Waals surface area contributed by atoms with E-state index < -0.39 is 6.04 Å². The van der Waals surface area contributed by atoms with Gasteiger partial charge in [-0.15, -0.1) is 0 Å². The van der Waals surface area contributed by atoms with Crippen molar-refractivity contribution in [1.82, 2.24) is 15.5 Å². The van der Waals surface area contributed by atoms with Crippen molar-refractivity contribution in [2.45, 2.75) is 51.5 Å². The van der Waals surface area contributed by atoms with Crippen LogP contribution in [0, 0.1) is 5.92 Å². The molecule has 2 fully saturated rings. The molecule has 0 aromatic heterocycles. The van der Waals surface area contributed by atoms with Crippen LogP contribution in [-0.2, 0) is 14.3 Å². The number of esters is 1. The molecule has 7 heteroatoms. The van der Waals surface area contributed by atoms with Crippen LogP contribution in [0.4, 0.5) is 0 Å². The summed E-state index contributed by atoms with van der Waals surface area (Å²) in [6, 6.07) is -0.575. The van der Waals surface area contributed by atoms with E-state index in [1.54, 1.807) is 6.92 Å². The van der Waals surface area contributed by atoms with Crippen molar-refractivity contribution >= 4 is 29.2 Å². The molecule has 2 N–H and O–H groups in total. The zero-order valence-corrected chi connectivity index (χ0v) is 14.6. The molecule has 6 nitrogen and oxygen atoms in total. The summed E-state index contributed by atoms with van der Waals surface area (Å²) in [7, 11) is 0. The third-order valence-electron chi connectivity index (χ3n) is 4.52. The maximum atomic E-state index is 12.1. The normalized spacial score (nSPS) is 22.4. The van der Waals surface area contributed by atoms with E-state index in [0.29, 0.717) is 30.7 Å². The first-order valence-corrected chi connectivity index (χ1v) is 9.00. The van der Waals surface area contributed by atoms with Gasteiger partial charge in [-0.25, -0.2) is 0 Å². The second-order valence-electron chi connectivity index (χ2n) is 6.20. The van der Waals surface area contributed by atoms with Gasteiger partial charge < -0.3 is 20.3 Å². The molecule has 1 heterocycles. The summed E-state index contributed by atoms with van der Waals surface area (Å²) in [5.74, 6) is 0.129. The van der Waals surface area contributed by atoms with Crippen LogP contribution in [0.5, 0.6) is 0 Å². The average Bonchev–Trinajstić information content (AvgIpc) is 2.55. The first-order valence-electron chi connectivity index (χ1n) is 8.59. The summed E-state index contributed by atoms with van der Waals surface area (Å²) in [5, 5.41) is 6.67. The summed E-state index contributed by atoms with van der Waals surface area (Å²) in [6.45, 7) is 4.09. The number of rotatable bonds is 5. The van der Waals surface area contributed by atoms with Gasteiger partial charge in [-0.1, -0.05) is 19.3 Å². The van der Waals surface area contributed by atoms with Crippen molar-refractivity contribution in [3.63, 3.8) is 0 Å². The number of hydrogen-bond acceptors (Lipinski definition) is 4. The lowest BCUT2D eigenvalue weighted by molar-refractivity contribution is -0.147. The summed E-state index contributed by atoms with van der Waals surface area (Å²) in [4.78, 5) is 25.7. The van der Waals surface area contributed by atoms with Gasteiger partial charge in [0.1, 0.15) is 6.04 Å². The van der Waals surface area contributed by atoms with Crippen molar-refractivity contribution in [1.29, 1.82) is 0 Å². The molecule has 23 heavy (non-hydrogen) atoms. The number of thiocarbonyl (C=S) groups is 1.